The van der Waals surface area contributed by atoms with Crippen LogP contribution in [0.5, 0.6) is 0 Å². The minimum absolute atomic E-state index is 0.561. The summed E-state index contributed by atoms with van der Waals surface area (Å²) in [6, 6.07) is 7.58. The van der Waals surface area contributed by atoms with E-state index < -0.39 is 7.12 Å². The molecule has 0 radical (unpaired) electrons. The molecule has 0 bridgehead atoms. The van der Waals surface area contributed by atoms with Gasteiger partial charge in [0.15, 0.2) is 0 Å². The van der Waals surface area contributed by atoms with E-state index in [1.165, 1.54) is 50.8 Å². The summed E-state index contributed by atoms with van der Waals surface area (Å²) in [6.45, 7) is 3.34. The maximum Gasteiger partial charge on any atom is 0.488 e. The highest BCUT2D eigenvalue weighted by Gasteiger charge is 2.11. The van der Waals surface area contributed by atoms with Gasteiger partial charge in [-0.3, -0.25) is 4.90 Å². The Balaban J connectivity index is 1.90. The lowest BCUT2D eigenvalue weighted by Gasteiger charge is -2.24. The number of likely N-dealkylation sites (tertiary alicyclic amines) is 1. The molecular weight excluding hydrogens is 225 g/mol. The van der Waals surface area contributed by atoms with Crippen LogP contribution in [-0.2, 0) is 6.54 Å². The normalized spacial score (nSPS) is 18.1. The molecule has 1 fully saturated rings. The molecule has 0 aromatic heterocycles. The van der Waals surface area contributed by atoms with Crippen LogP contribution in [0.2, 0.25) is 0 Å². The molecule has 0 aliphatic carbocycles. The van der Waals surface area contributed by atoms with E-state index in [0.29, 0.717) is 5.46 Å². The molecule has 0 atom stereocenters. The lowest BCUT2D eigenvalue weighted by atomic mass is 9.80. The van der Waals surface area contributed by atoms with Crippen LogP contribution in [0.25, 0.3) is 0 Å². The largest absolute Gasteiger partial charge is 0.488 e. The Hall–Kier alpha value is -0.835. The van der Waals surface area contributed by atoms with E-state index in [1.807, 2.05) is 12.1 Å². The van der Waals surface area contributed by atoms with Crippen molar-refractivity contribution in [2.75, 3.05) is 13.1 Å². The predicted octanol–water partition coefficient (Wildman–Crippen LogP) is 1.13. The molecule has 1 aliphatic heterocycles. The fourth-order valence-electron chi connectivity index (χ4n) is 2.52. The summed E-state index contributed by atoms with van der Waals surface area (Å²) < 4.78 is 0. The van der Waals surface area contributed by atoms with Gasteiger partial charge < -0.3 is 10.0 Å². The van der Waals surface area contributed by atoms with Gasteiger partial charge >= 0.3 is 7.12 Å². The average Bonchev–Trinajstić information content (AvgIpc) is 2.33. The topological polar surface area (TPSA) is 43.7 Å². The second-order valence-corrected chi connectivity index (χ2v) is 5.16. The zero-order chi connectivity index (χ0) is 12.8. The van der Waals surface area contributed by atoms with Crippen molar-refractivity contribution in [2.45, 2.75) is 38.6 Å². The van der Waals surface area contributed by atoms with Gasteiger partial charge in [0.1, 0.15) is 0 Å². The zero-order valence-corrected chi connectivity index (χ0v) is 10.9. The Morgan fingerprint density at radius 1 is 0.889 bits per heavy atom. The van der Waals surface area contributed by atoms with E-state index in [0.717, 1.165) is 6.54 Å². The third-order valence-corrected chi connectivity index (χ3v) is 3.63. The Labute approximate surface area is 110 Å². The van der Waals surface area contributed by atoms with Crippen molar-refractivity contribution in [3.63, 3.8) is 0 Å². The zero-order valence-electron chi connectivity index (χ0n) is 10.9. The molecule has 4 heteroatoms. The van der Waals surface area contributed by atoms with Crippen LogP contribution < -0.4 is 5.46 Å². The first-order chi connectivity index (χ1) is 8.75. The number of rotatable bonds is 3. The first kappa shape index (κ1) is 13.6. The Bertz CT molecular complexity index is 345. The molecule has 0 saturated carbocycles. The maximum absolute atomic E-state index is 9.05. The maximum atomic E-state index is 9.05. The van der Waals surface area contributed by atoms with Gasteiger partial charge in [0.25, 0.3) is 0 Å². The van der Waals surface area contributed by atoms with Crippen LogP contribution in [0.3, 0.4) is 0 Å². The Morgan fingerprint density at radius 3 is 2.00 bits per heavy atom. The first-order valence-corrected chi connectivity index (χ1v) is 6.93. The highest BCUT2D eigenvalue weighted by Crippen LogP contribution is 2.13. The Morgan fingerprint density at radius 2 is 1.44 bits per heavy atom. The quantitative estimate of drug-likeness (QED) is 0.787. The summed E-state index contributed by atoms with van der Waals surface area (Å²) in [7, 11) is -1.36. The average molecular weight is 247 g/mol. The van der Waals surface area contributed by atoms with Crippen LogP contribution >= 0.6 is 0 Å². The van der Waals surface area contributed by atoms with Gasteiger partial charge in [0, 0.05) is 6.54 Å². The van der Waals surface area contributed by atoms with Crippen molar-refractivity contribution in [1.29, 1.82) is 0 Å². The molecule has 1 heterocycles. The fraction of sp³-hybridized carbons (Fsp3) is 0.571. The van der Waals surface area contributed by atoms with Crippen LogP contribution in [0.15, 0.2) is 24.3 Å². The van der Waals surface area contributed by atoms with Crippen molar-refractivity contribution in [1.82, 2.24) is 4.90 Å². The summed E-state index contributed by atoms with van der Waals surface area (Å²) in [5.41, 5.74) is 1.81. The minimum Gasteiger partial charge on any atom is -0.423 e. The standard InChI is InChI=1S/C14H22BNO2/c17-15(18)14-8-6-13(7-9-14)12-16-10-4-2-1-3-5-11-16/h6-9,17-18H,1-5,10-12H2. The van der Waals surface area contributed by atoms with Crippen molar-refractivity contribution >= 4 is 12.6 Å². The van der Waals surface area contributed by atoms with E-state index in [4.69, 9.17) is 10.0 Å². The van der Waals surface area contributed by atoms with Crippen LogP contribution in [0, 0.1) is 0 Å². The van der Waals surface area contributed by atoms with Gasteiger partial charge in [-0.15, -0.1) is 0 Å². The van der Waals surface area contributed by atoms with Crippen LogP contribution in [0.4, 0.5) is 0 Å². The molecule has 1 saturated heterocycles. The number of nitrogens with zero attached hydrogens (tertiary/aromatic N) is 1. The molecular formula is C14H22BNO2. The van der Waals surface area contributed by atoms with Gasteiger partial charge in [-0.05, 0) is 37.0 Å². The number of hydrogen-bond donors (Lipinski definition) is 2. The molecule has 2 rings (SSSR count). The van der Waals surface area contributed by atoms with Crippen molar-refractivity contribution < 1.29 is 10.0 Å². The van der Waals surface area contributed by atoms with E-state index in [9.17, 15) is 0 Å². The minimum atomic E-state index is -1.36. The molecule has 3 nitrogen and oxygen atoms in total. The molecule has 18 heavy (non-hydrogen) atoms. The molecule has 2 N–H and O–H groups in total. The molecule has 1 aromatic rings. The summed E-state index contributed by atoms with van der Waals surface area (Å²) in [5.74, 6) is 0. The van der Waals surface area contributed by atoms with E-state index in [2.05, 4.69) is 4.90 Å². The summed E-state index contributed by atoms with van der Waals surface area (Å²) in [4.78, 5) is 2.50. The molecule has 0 amide bonds. The molecule has 0 unspecified atom stereocenters. The lowest BCUT2D eigenvalue weighted by Crippen LogP contribution is -2.30. The van der Waals surface area contributed by atoms with Gasteiger partial charge in [0.2, 0.25) is 0 Å². The fourth-order valence-corrected chi connectivity index (χ4v) is 2.52. The SMILES string of the molecule is OB(O)c1ccc(CN2CCCCCCC2)cc1. The van der Waals surface area contributed by atoms with Crippen LogP contribution in [-0.4, -0.2) is 35.2 Å². The number of benzene rings is 1. The third-order valence-electron chi connectivity index (χ3n) is 3.63. The summed E-state index contributed by atoms with van der Waals surface area (Å²) in [6.07, 6.45) is 6.69. The van der Waals surface area contributed by atoms with Gasteiger partial charge in [-0.1, -0.05) is 43.5 Å². The second kappa shape index (κ2) is 6.93. The van der Waals surface area contributed by atoms with Crippen LogP contribution in [0.1, 0.15) is 37.7 Å². The third kappa shape index (κ3) is 4.12. The molecule has 1 aliphatic rings. The van der Waals surface area contributed by atoms with E-state index in [-0.39, 0.29) is 0 Å². The van der Waals surface area contributed by atoms with Crippen molar-refractivity contribution in [3.05, 3.63) is 29.8 Å². The van der Waals surface area contributed by atoms with Crippen molar-refractivity contribution in [2.24, 2.45) is 0 Å². The summed E-state index contributed by atoms with van der Waals surface area (Å²) >= 11 is 0. The predicted molar refractivity (Wildman–Crippen MR) is 74.6 cm³/mol. The molecule has 1 aromatic carbocycles. The first-order valence-electron chi connectivity index (χ1n) is 6.93. The lowest BCUT2D eigenvalue weighted by molar-refractivity contribution is 0.240. The molecule has 98 valence electrons. The van der Waals surface area contributed by atoms with Crippen molar-refractivity contribution in [3.8, 4) is 0 Å². The monoisotopic (exact) mass is 247 g/mol. The van der Waals surface area contributed by atoms with Gasteiger partial charge in [0.05, 0.1) is 0 Å². The van der Waals surface area contributed by atoms with Gasteiger partial charge in [-0.2, -0.15) is 0 Å². The van der Waals surface area contributed by atoms with E-state index >= 15 is 0 Å². The highest BCUT2D eigenvalue weighted by molar-refractivity contribution is 6.58. The smallest absolute Gasteiger partial charge is 0.423 e. The highest BCUT2D eigenvalue weighted by atomic mass is 16.4. The number of hydrogen-bond acceptors (Lipinski definition) is 3. The molecule has 0 spiro atoms. The summed E-state index contributed by atoms with van der Waals surface area (Å²) in [5, 5.41) is 18.1. The Kier molecular flexibility index (Phi) is 5.23. The van der Waals surface area contributed by atoms with Gasteiger partial charge in [-0.25, -0.2) is 0 Å². The van der Waals surface area contributed by atoms with E-state index in [1.54, 1.807) is 12.1 Å². The second-order valence-electron chi connectivity index (χ2n) is 5.16.